The third kappa shape index (κ3) is 2.40. The molecule has 2 atom stereocenters. The van der Waals surface area contributed by atoms with Gasteiger partial charge in [0, 0.05) is 20.2 Å². The van der Waals surface area contributed by atoms with Crippen molar-refractivity contribution in [3.8, 4) is 0 Å². The molecule has 1 aromatic rings. The fraction of sp³-hybridized carbons (Fsp3) is 0.500. The van der Waals surface area contributed by atoms with Crippen molar-refractivity contribution < 1.29 is 9.53 Å². The van der Waals surface area contributed by atoms with Gasteiger partial charge in [0.1, 0.15) is 5.54 Å². The summed E-state index contributed by atoms with van der Waals surface area (Å²) < 4.78 is 5.28. The Labute approximate surface area is 108 Å². The Morgan fingerprint density at radius 3 is 2.67 bits per heavy atom. The molecule has 4 nitrogen and oxygen atoms in total. The van der Waals surface area contributed by atoms with E-state index >= 15 is 0 Å². The van der Waals surface area contributed by atoms with Crippen LogP contribution in [0.1, 0.15) is 18.9 Å². The summed E-state index contributed by atoms with van der Waals surface area (Å²) in [6.45, 7) is 3.12. The summed E-state index contributed by atoms with van der Waals surface area (Å²) in [5, 5.41) is 0. The Kier molecular flexibility index (Phi) is 3.68. The average molecular weight is 248 g/mol. The number of ether oxygens (including phenoxy) is 1. The first kappa shape index (κ1) is 13.1. The minimum Gasteiger partial charge on any atom is -0.380 e. The molecule has 0 saturated carbocycles. The molecular formula is C14H20N2O2. The smallest absolute Gasteiger partial charge is 0.247 e. The Morgan fingerprint density at radius 1 is 1.44 bits per heavy atom. The van der Waals surface area contributed by atoms with Gasteiger partial charge in [0.2, 0.25) is 5.91 Å². The lowest BCUT2D eigenvalue weighted by atomic mass is 9.92. The fourth-order valence-electron chi connectivity index (χ4n) is 2.34. The largest absolute Gasteiger partial charge is 0.380 e. The van der Waals surface area contributed by atoms with Crippen molar-refractivity contribution in [1.82, 2.24) is 4.90 Å². The lowest BCUT2D eigenvalue weighted by molar-refractivity contribution is -0.136. The van der Waals surface area contributed by atoms with E-state index in [0.29, 0.717) is 6.54 Å². The lowest BCUT2D eigenvalue weighted by Crippen LogP contribution is -2.50. The number of methoxy groups -OCH3 is 1. The summed E-state index contributed by atoms with van der Waals surface area (Å²) in [4.78, 5) is 14.3. The molecule has 0 aromatic heterocycles. The standard InChI is InChI=1S/C14H20N2O2/c1-14(15,11-6-4-3-5-7-11)13(17)16-9-8-12(10-16)18-2/h3-7,12H,8-10,15H2,1-2H3. The molecule has 0 radical (unpaired) electrons. The zero-order valence-corrected chi connectivity index (χ0v) is 10.9. The second-order valence-electron chi connectivity index (χ2n) is 4.97. The van der Waals surface area contributed by atoms with E-state index in [1.807, 2.05) is 30.3 Å². The van der Waals surface area contributed by atoms with Gasteiger partial charge < -0.3 is 15.4 Å². The van der Waals surface area contributed by atoms with Gasteiger partial charge in [-0.15, -0.1) is 0 Å². The molecule has 0 bridgehead atoms. The third-order valence-corrected chi connectivity index (χ3v) is 3.58. The monoisotopic (exact) mass is 248 g/mol. The van der Waals surface area contributed by atoms with Crippen LogP contribution >= 0.6 is 0 Å². The molecule has 1 aliphatic heterocycles. The molecule has 1 heterocycles. The number of benzene rings is 1. The molecule has 1 aliphatic rings. The number of carbonyl (C=O) groups excluding carboxylic acids is 1. The Morgan fingerprint density at radius 2 is 2.11 bits per heavy atom. The van der Waals surface area contributed by atoms with Crippen molar-refractivity contribution in [3.63, 3.8) is 0 Å². The van der Waals surface area contributed by atoms with Crippen LogP contribution in [0, 0.1) is 0 Å². The minimum absolute atomic E-state index is 0.0340. The molecule has 1 aromatic carbocycles. The maximum atomic E-state index is 12.5. The Bertz CT molecular complexity index is 417. The molecular weight excluding hydrogens is 228 g/mol. The molecule has 4 heteroatoms. The zero-order chi connectivity index (χ0) is 13.2. The van der Waals surface area contributed by atoms with Crippen LogP contribution in [-0.2, 0) is 15.1 Å². The van der Waals surface area contributed by atoms with Crippen LogP contribution in [0.4, 0.5) is 0 Å². The highest BCUT2D eigenvalue weighted by atomic mass is 16.5. The van der Waals surface area contributed by atoms with Crippen LogP contribution in [0.2, 0.25) is 0 Å². The molecule has 2 rings (SSSR count). The number of amides is 1. The molecule has 1 amide bonds. The summed E-state index contributed by atoms with van der Waals surface area (Å²) in [5.74, 6) is -0.0340. The van der Waals surface area contributed by atoms with Crippen molar-refractivity contribution in [3.05, 3.63) is 35.9 Å². The zero-order valence-electron chi connectivity index (χ0n) is 10.9. The van der Waals surface area contributed by atoms with Crippen molar-refractivity contribution in [2.45, 2.75) is 25.0 Å². The van der Waals surface area contributed by atoms with Crippen LogP contribution < -0.4 is 5.73 Å². The highest BCUT2D eigenvalue weighted by Crippen LogP contribution is 2.23. The maximum absolute atomic E-state index is 12.5. The van der Waals surface area contributed by atoms with Crippen molar-refractivity contribution in [2.75, 3.05) is 20.2 Å². The fourth-order valence-corrected chi connectivity index (χ4v) is 2.34. The predicted molar refractivity (Wildman–Crippen MR) is 70.0 cm³/mol. The first-order valence-electron chi connectivity index (χ1n) is 6.22. The summed E-state index contributed by atoms with van der Waals surface area (Å²) in [6, 6.07) is 9.50. The first-order valence-corrected chi connectivity index (χ1v) is 6.22. The second kappa shape index (κ2) is 5.08. The van der Waals surface area contributed by atoms with E-state index in [0.717, 1.165) is 18.5 Å². The van der Waals surface area contributed by atoms with E-state index in [4.69, 9.17) is 10.5 Å². The normalized spacial score (nSPS) is 22.8. The lowest BCUT2D eigenvalue weighted by Gasteiger charge is -2.29. The summed E-state index contributed by atoms with van der Waals surface area (Å²) >= 11 is 0. The molecule has 1 saturated heterocycles. The number of likely N-dealkylation sites (tertiary alicyclic amines) is 1. The number of hydrogen-bond donors (Lipinski definition) is 1. The molecule has 2 N–H and O–H groups in total. The molecule has 0 aliphatic carbocycles. The number of carbonyl (C=O) groups is 1. The van der Waals surface area contributed by atoms with Crippen LogP contribution in [0.25, 0.3) is 0 Å². The van der Waals surface area contributed by atoms with E-state index in [1.165, 1.54) is 0 Å². The van der Waals surface area contributed by atoms with Crippen molar-refractivity contribution >= 4 is 5.91 Å². The SMILES string of the molecule is COC1CCN(C(=O)C(C)(N)c2ccccc2)C1. The molecule has 98 valence electrons. The van der Waals surface area contributed by atoms with Gasteiger partial charge in [-0.1, -0.05) is 30.3 Å². The molecule has 1 fully saturated rings. The number of rotatable bonds is 3. The van der Waals surface area contributed by atoms with Gasteiger partial charge in [0.25, 0.3) is 0 Å². The first-order chi connectivity index (χ1) is 8.55. The van der Waals surface area contributed by atoms with E-state index < -0.39 is 5.54 Å². The predicted octanol–water partition coefficient (Wildman–Crippen LogP) is 1.11. The van der Waals surface area contributed by atoms with E-state index in [-0.39, 0.29) is 12.0 Å². The van der Waals surface area contributed by atoms with Crippen molar-refractivity contribution in [2.24, 2.45) is 5.73 Å². The second-order valence-corrected chi connectivity index (χ2v) is 4.97. The van der Waals surface area contributed by atoms with Crippen LogP contribution in [0.5, 0.6) is 0 Å². The van der Waals surface area contributed by atoms with Crippen LogP contribution in [-0.4, -0.2) is 37.1 Å². The molecule has 0 spiro atoms. The van der Waals surface area contributed by atoms with E-state index in [9.17, 15) is 4.79 Å². The number of nitrogens with zero attached hydrogens (tertiary/aromatic N) is 1. The third-order valence-electron chi connectivity index (χ3n) is 3.58. The van der Waals surface area contributed by atoms with Gasteiger partial charge in [-0.25, -0.2) is 0 Å². The van der Waals surface area contributed by atoms with Crippen LogP contribution in [0.3, 0.4) is 0 Å². The number of nitrogens with two attached hydrogens (primary N) is 1. The van der Waals surface area contributed by atoms with E-state index in [1.54, 1.807) is 18.9 Å². The van der Waals surface area contributed by atoms with Gasteiger partial charge in [-0.3, -0.25) is 4.79 Å². The highest BCUT2D eigenvalue weighted by molar-refractivity contribution is 5.87. The highest BCUT2D eigenvalue weighted by Gasteiger charge is 2.37. The van der Waals surface area contributed by atoms with Crippen LogP contribution in [0.15, 0.2) is 30.3 Å². The summed E-state index contributed by atoms with van der Waals surface area (Å²) in [6.07, 6.45) is 1.02. The molecule has 2 unspecified atom stereocenters. The van der Waals surface area contributed by atoms with E-state index in [2.05, 4.69) is 0 Å². The number of hydrogen-bond acceptors (Lipinski definition) is 3. The Hall–Kier alpha value is -1.39. The van der Waals surface area contributed by atoms with Gasteiger partial charge in [-0.2, -0.15) is 0 Å². The summed E-state index contributed by atoms with van der Waals surface area (Å²) in [7, 11) is 1.68. The van der Waals surface area contributed by atoms with Gasteiger partial charge >= 0.3 is 0 Å². The average Bonchev–Trinajstić information content (AvgIpc) is 2.87. The minimum atomic E-state index is -0.968. The Balaban J connectivity index is 2.13. The summed E-state index contributed by atoms with van der Waals surface area (Å²) in [5.41, 5.74) is 6.09. The molecule has 18 heavy (non-hydrogen) atoms. The quantitative estimate of drug-likeness (QED) is 0.871. The van der Waals surface area contributed by atoms with Crippen molar-refractivity contribution in [1.29, 1.82) is 0 Å². The van der Waals surface area contributed by atoms with Gasteiger partial charge in [0.05, 0.1) is 6.10 Å². The van der Waals surface area contributed by atoms with Gasteiger partial charge in [-0.05, 0) is 18.9 Å². The van der Waals surface area contributed by atoms with Gasteiger partial charge in [0.15, 0.2) is 0 Å². The maximum Gasteiger partial charge on any atom is 0.247 e. The topological polar surface area (TPSA) is 55.6 Å².